The van der Waals surface area contributed by atoms with Gasteiger partial charge in [0.25, 0.3) is 0 Å². The van der Waals surface area contributed by atoms with Crippen molar-refractivity contribution in [2.24, 2.45) is 0 Å². The third kappa shape index (κ3) is 4.44. The molecule has 2 heterocycles. The van der Waals surface area contributed by atoms with Crippen LogP contribution < -0.4 is 0 Å². The summed E-state index contributed by atoms with van der Waals surface area (Å²) in [6.07, 6.45) is 0.540. The maximum Gasteiger partial charge on any atom is 0.411 e. The summed E-state index contributed by atoms with van der Waals surface area (Å²) in [6, 6.07) is 17.5. The first-order valence-corrected chi connectivity index (χ1v) is 12.1. The molecule has 0 bridgehead atoms. The van der Waals surface area contributed by atoms with Crippen molar-refractivity contribution in [3.8, 4) is 0 Å². The van der Waals surface area contributed by atoms with Gasteiger partial charge in [0.1, 0.15) is 11.9 Å². The van der Waals surface area contributed by atoms with E-state index in [2.05, 4.69) is 0 Å². The first kappa shape index (κ1) is 21.4. The molecule has 2 atom stereocenters. The molecule has 2 fully saturated rings. The molecule has 0 saturated carbocycles. The average Bonchev–Trinajstić information content (AvgIpc) is 3.08. The highest BCUT2D eigenvalue weighted by molar-refractivity contribution is 7.92. The molecule has 2 saturated heterocycles. The van der Waals surface area contributed by atoms with Crippen LogP contribution in [-0.2, 0) is 19.4 Å². The van der Waals surface area contributed by atoms with Crippen molar-refractivity contribution in [2.45, 2.75) is 42.8 Å². The SMILES string of the molecule is C[C@H]1[C@@H](c2ccccc2)OC(=O)N1C1CCN(C(=O)CS(=O)(=O)c2ccccc2)CC1. The molecule has 0 unspecified atom stereocenters. The fraction of sp³-hybridized carbons (Fsp3) is 0.391. The number of hydrogen-bond acceptors (Lipinski definition) is 5. The quantitative estimate of drug-likeness (QED) is 0.711. The zero-order chi connectivity index (χ0) is 22.0. The van der Waals surface area contributed by atoms with Crippen LogP contribution in [-0.4, -0.2) is 61.1 Å². The molecule has 0 aliphatic carbocycles. The molecule has 0 radical (unpaired) electrons. The number of carbonyl (C=O) groups excluding carboxylic acids is 2. The van der Waals surface area contributed by atoms with Crippen molar-refractivity contribution in [1.29, 1.82) is 0 Å². The van der Waals surface area contributed by atoms with E-state index < -0.39 is 21.5 Å². The van der Waals surface area contributed by atoms with E-state index in [0.717, 1.165) is 5.56 Å². The number of benzene rings is 2. The number of likely N-dealkylation sites (tertiary alicyclic amines) is 1. The summed E-state index contributed by atoms with van der Waals surface area (Å²) in [5.41, 5.74) is 0.963. The Morgan fingerprint density at radius 3 is 2.19 bits per heavy atom. The predicted molar refractivity (Wildman–Crippen MR) is 115 cm³/mol. The van der Waals surface area contributed by atoms with Gasteiger partial charge in [-0.15, -0.1) is 0 Å². The second-order valence-corrected chi connectivity index (χ2v) is 10.0. The van der Waals surface area contributed by atoms with Crippen LogP contribution in [0.3, 0.4) is 0 Å². The molecule has 2 aliphatic rings. The Labute approximate surface area is 182 Å². The Bertz CT molecular complexity index is 1030. The van der Waals surface area contributed by atoms with Crippen LogP contribution in [0.2, 0.25) is 0 Å². The minimum absolute atomic E-state index is 0.0361. The molecule has 2 amide bonds. The van der Waals surface area contributed by atoms with E-state index in [0.29, 0.717) is 25.9 Å². The van der Waals surface area contributed by atoms with Gasteiger partial charge in [-0.2, -0.15) is 0 Å². The lowest BCUT2D eigenvalue weighted by Crippen LogP contribution is -2.50. The summed E-state index contributed by atoms with van der Waals surface area (Å²) >= 11 is 0. The normalized spacial score (nSPS) is 22.4. The van der Waals surface area contributed by atoms with Crippen LogP contribution in [0.25, 0.3) is 0 Å². The fourth-order valence-electron chi connectivity index (χ4n) is 4.41. The zero-order valence-corrected chi connectivity index (χ0v) is 18.2. The van der Waals surface area contributed by atoms with Gasteiger partial charge in [0, 0.05) is 19.1 Å². The predicted octanol–water partition coefficient (Wildman–Crippen LogP) is 3.03. The second-order valence-electron chi connectivity index (χ2n) is 8.05. The van der Waals surface area contributed by atoms with Crippen LogP contribution in [0.4, 0.5) is 4.79 Å². The Hall–Kier alpha value is -2.87. The van der Waals surface area contributed by atoms with E-state index in [4.69, 9.17) is 4.74 Å². The van der Waals surface area contributed by atoms with Crippen LogP contribution in [0.5, 0.6) is 0 Å². The van der Waals surface area contributed by atoms with E-state index in [1.807, 2.05) is 37.3 Å². The second kappa shape index (κ2) is 8.70. The summed E-state index contributed by atoms with van der Waals surface area (Å²) in [5.74, 6) is -0.943. The molecule has 0 N–H and O–H groups in total. The van der Waals surface area contributed by atoms with Gasteiger partial charge in [-0.3, -0.25) is 9.69 Å². The number of cyclic esters (lactones) is 1. The third-order valence-corrected chi connectivity index (χ3v) is 7.69. The van der Waals surface area contributed by atoms with Crippen LogP contribution >= 0.6 is 0 Å². The lowest BCUT2D eigenvalue weighted by Gasteiger charge is -2.37. The van der Waals surface area contributed by atoms with E-state index in [9.17, 15) is 18.0 Å². The van der Waals surface area contributed by atoms with Crippen LogP contribution in [0.15, 0.2) is 65.6 Å². The fourth-order valence-corrected chi connectivity index (χ4v) is 5.66. The van der Waals surface area contributed by atoms with E-state index in [1.54, 1.807) is 28.0 Å². The molecule has 164 valence electrons. The van der Waals surface area contributed by atoms with Gasteiger partial charge in [-0.25, -0.2) is 13.2 Å². The Balaban J connectivity index is 1.36. The number of rotatable bonds is 5. The van der Waals surface area contributed by atoms with Gasteiger partial charge in [-0.05, 0) is 37.5 Å². The summed E-state index contributed by atoms with van der Waals surface area (Å²) in [4.78, 5) is 28.7. The lowest BCUT2D eigenvalue weighted by atomic mass is 9.98. The van der Waals surface area contributed by atoms with Gasteiger partial charge in [0.05, 0.1) is 10.9 Å². The Morgan fingerprint density at radius 2 is 1.58 bits per heavy atom. The Kier molecular flexibility index (Phi) is 6.00. The van der Waals surface area contributed by atoms with E-state index >= 15 is 0 Å². The summed E-state index contributed by atoms with van der Waals surface area (Å²) in [7, 11) is -3.67. The largest absolute Gasteiger partial charge is 0.439 e. The lowest BCUT2D eigenvalue weighted by molar-refractivity contribution is -0.129. The van der Waals surface area contributed by atoms with Crippen molar-refractivity contribution in [1.82, 2.24) is 9.80 Å². The van der Waals surface area contributed by atoms with Gasteiger partial charge in [0.2, 0.25) is 5.91 Å². The van der Waals surface area contributed by atoms with Gasteiger partial charge < -0.3 is 9.64 Å². The summed E-state index contributed by atoms with van der Waals surface area (Å²) < 4.78 is 30.6. The standard InChI is InChI=1S/C23H26N2O5S/c1-17-22(18-8-4-2-5-9-18)30-23(27)25(17)19-12-14-24(15-13-19)21(26)16-31(28,29)20-10-6-3-7-11-20/h2-11,17,19,22H,12-16H2,1H3/t17-,22-/m0/s1. The monoisotopic (exact) mass is 442 g/mol. The maximum atomic E-state index is 12.6. The van der Waals surface area contributed by atoms with Crippen molar-refractivity contribution in [2.75, 3.05) is 18.8 Å². The minimum atomic E-state index is -3.67. The molecule has 2 aromatic rings. The van der Waals surface area contributed by atoms with E-state index in [-0.39, 0.29) is 29.2 Å². The molecule has 7 nitrogen and oxygen atoms in total. The number of hydrogen-bond donors (Lipinski definition) is 0. The number of nitrogens with zero attached hydrogens (tertiary/aromatic N) is 2. The van der Waals surface area contributed by atoms with Crippen molar-refractivity contribution in [3.05, 3.63) is 66.2 Å². The molecule has 2 aliphatic heterocycles. The molecular formula is C23H26N2O5S. The number of sulfone groups is 1. The smallest absolute Gasteiger partial charge is 0.411 e. The zero-order valence-electron chi connectivity index (χ0n) is 17.4. The molecule has 0 aromatic heterocycles. The van der Waals surface area contributed by atoms with Gasteiger partial charge >= 0.3 is 6.09 Å². The topological polar surface area (TPSA) is 84.0 Å². The Morgan fingerprint density at radius 1 is 1.00 bits per heavy atom. The first-order valence-electron chi connectivity index (χ1n) is 10.5. The number of carbonyl (C=O) groups is 2. The highest BCUT2D eigenvalue weighted by atomic mass is 32.2. The number of ether oxygens (including phenoxy) is 1. The van der Waals surface area contributed by atoms with Crippen LogP contribution in [0, 0.1) is 0 Å². The van der Waals surface area contributed by atoms with Crippen molar-refractivity contribution < 1.29 is 22.7 Å². The molecular weight excluding hydrogens is 416 g/mol. The molecule has 31 heavy (non-hydrogen) atoms. The third-order valence-electron chi connectivity index (χ3n) is 6.07. The highest BCUT2D eigenvalue weighted by Crippen LogP contribution is 2.35. The van der Waals surface area contributed by atoms with Crippen LogP contribution in [0.1, 0.15) is 31.4 Å². The van der Waals surface area contributed by atoms with Gasteiger partial charge in [0.15, 0.2) is 9.84 Å². The van der Waals surface area contributed by atoms with Crippen molar-refractivity contribution in [3.63, 3.8) is 0 Å². The molecule has 8 heteroatoms. The molecule has 4 rings (SSSR count). The maximum absolute atomic E-state index is 12.6. The van der Waals surface area contributed by atoms with E-state index in [1.165, 1.54) is 12.1 Å². The minimum Gasteiger partial charge on any atom is -0.439 e. The van der Waals surface area contributed by atoms with Gasteiger partial charge in [-0.1, -0.05) is 48.5 Å². The molecule has 0 spiro atoms. The summed E-state index contributed by atoms with van der Waals surface area (Å²) in [6.45, 7) is 2.81. The average molecular weight is 443 g/mol. The number of piperidine rings is 1. The number of amides is 2. The highest BCUT2D eigenvalue weighted by Gasteiger charge is 2.44. The summed E-state index contributed by atoms with van der Waals surface area (Å²) in [5, 5.41) is 0. The molecule has 2 aromatic carbocycles. The first-order chi connectivity index (χ1) is 14.9. The van der Waals surface area contributed by atoms with Crippen molar-refractivity contribution >= 4 is 21.8 Å².